The number of carbonyl (C=O) groups excluding carboxylic acids is 2. The van der Waals surface area contributed by atoms with Gasteiger partial charge < -0.3 is 14.8 Å². The van der Waals surface area contributed by atoms with E-state index in [0.29, 0.717) is 12.1 Å². The number of hydrogen-bond donors (Lipinski definition) is 2. The van der Waals surface area contributed by atoms with E-state index >= 15 is 0 Å². The number of benzene rings is 1. The summed E-state index contributed by atoms with van der Waals surface area (Å²) in [5.41, 5.74) is 2.29. The number of fused-ring (bicyclic) bond motifs is 1. The van der Waals surface area contributed by atoms with Crippen LogP contribution < -0.4 is 10.2 Å². The smallest absolute Gasteiger partial charge is 0.292 e. The van der Waals surface area contributed by atoms with Gasteiger partial charge in [-0.3, -0.25) is 9.59 Å². The lowest BCUT2D eigenvalue weighted by atomic mass is 10.1. The third-order valence-corrected chi connectivity index (χ3v) is 3.97. The van der Waals surface area contributed by atoms with Crippen LogP contribution >= 0.6 is 0 Å². The van der Waals surface area contributed by atoms with E-state index in [4.69, 9.17) is 0 Å². The number of aromatic nitrogens is 1. The molecule has 0 unspecified atom stereocenters. The lowest BCUT2D eigenvalue weighted by Gasteiger charge is -2.08. The summed E-state index contributed by atoms with van der Waals surface area (Å²) in [4.78, 5) is 25.9. The van der Waals surface area contributed by atoms with Crippen LogP contribution in [0.15, 0.2) is 24.3 Å². The monoisotopic (exact) mass is 302 g/mol. The Morgan fingerprint density at radius 3 is 2.59 bits per heavy atom. The standard InChI is InChI=1S/C17H23N3O2/c1-12-15(13-8-5-6-9-14(13)20(12)4)16(21)17(22)18-10-7-11-19(2)3/h5-6,8-9H,7,10-11H2,1-4H3,(H,18,22)/p+1. The van der Waals surface area contributed by atoms with Crippen molar-refractivity contribution < 1.29 is 14.5 Å². The van der Waals surface area contributed by atoms with Gasteiger partial charge in [-0.15, -0.1) is 0 Å². The van der Waals surface area contributed by atoms with Crippen LogP contribution in [0.5, 0.6) is 0 Å². The summed E-state index contributed by atoms with van der Waals surface area (Å²) in [6.45, 7) is 3.36. The number of quaternary nitrogens is 1. The van der Waals surface area contributed by atoms with E-state index in [-0.39, 0.29) is 0 Å². The summed E-state index contributed by atoms with van der Waals surface area (Å²) >= 11 is 0. The van der Waals surface area contributed by atoms with Crippen molar-refractivity contribution >= 4 is 22.6 Å². The molecule has 118 valence electrons. The summed E-state index contributed by atoms with van der Waals surface area (Å²) in [7, 11) is 6.03. The lowest BCUT2D eigenvalue weighted by Crippen LogP contribution is -3.05. The first-order chi connectivity index (χ1) is 10.4. The maximum absolute atomic E-state index is 12.5. The summed E-state index contributed by atoms with van der Waals surface area (Å²) in [6, 6.07) is 7.66. The van der Waals surface area contributed by atoms with Gasteiger partial charge in [0.15, 0.2) is 0 Å². The van der Waals surface area contributed by atoms with Crippen LogP contribution in [0, 0.1) is 6.92 Å². The number of para-hydroxylation sites is 1. The third-order valence-electron chi connectivity index (χ3n) is 3.97. The summed E-state index contributed by atoms with van der Waals surface area (Å²) < 4.78 is 1.95. The number of carbonyl (C=O) groups is 2. The van der Waals surface area contributed by atoms with Crippen LogP contribution in [0.25, 0.3) is 10.9 Å². The van der Waals surface area contributed by atoms with Gasteiger partial charge in [-0.2, -0.15) is 0 Å². The van der Waals surface area contributed by atoms with Crippen molar-refractivity contribution in [3.05, 3.63) is 35.5 Å². The van der Waals surface area contributed by atoms with E-state index in [2.05, 4.69) is 19.4 Å². The Balaban J connectivity index is 2.16. The van der Waals surface area contributed by atoms with E-state index in [1.165, 1.54) is 4.90 Å². The van der Waals surface area contributed by atoms with Crippen molar-refractivity contribution in [3.63, 3.8) is 0 Å². The molecule has 1 heterocycles. The molecule has 0 aliphatic carbocycles. The van der Waals surface area contributed by atoms with Gasteiger partial charge in [0.05, 0.1) is 26.2 Å². The molecule has 0 spiro atoms. The van der Waals surface area contributed by atoms with Crippen LogP contribution in [0.1, 0.15) is 22.5 Å². The van der Waals surface area contributed by atoms with Gasteiger partial charge in [0, 0.05) is 36.6 Å². The molecule has 2 aromatic rings. The molecule has 5 heteroatoms. The minimum atomic E-state index is -0.520. The van der Waals surface area contributed by atoms with Crippen molar-refractivity contribution in [3.8, 4) is 0 Å². The topological polar surface area (TPSA) is 55.5 Å². The molecule has 1 aromatic carbocycles. The van der Waals surface area contributed by atoms with Crippen molar-refractivity contribution in [2.45, 2.75) is 13.3 Å². The zero-order valence-corrected chi connectivity index (χ0v) is 13.7. The van der Waals surface area contributed by atoms with Crippen LogP contribution in [0.3, 0.4) is 0 Å². The molecular weight excluding hydrogens is 278 g/mol. The molecule has 1 amide bonds. The minimum Gasteiger partial charge on any atom is -0.349 e. The number of amides is 1. The lowest BCUT2D eigenvalue weighted by molar-refractivity contribution is -0.858. The number of hydrogen-bond acceptors (Lipinski definition) is 2. The van der Waals surface area contributed by atoms with Gasteiger partial charge in [-0.25, -0.2) is 0 Å². The number of aryl methyl sites for hydroxylation is 1. The molecule has 22 heavy (non-hydrogen) atoms. The van der Waals surface area contributed by atoms with Crippen molar-refractivity contribution in [2.24, 2.45) is 7.05 Å². The Morgan fingerprint density at radius 2 is 1.91 bits per heavy atom. The maximum atomic E-state index is 12.5. The summed E-state index contributed by atoms with van der Waals surface area (Å²) in [5.74, 6) is -0.972. The molecule has 0 fully saturated rings. The van der Waals surface area contributed by atoms with E-state index < -0.39 is 11.7 Å². The van der Waals surface area contributed by atoms with Crippen LogP contribution in [0.2, 0.25) is 0 Å². The molecule has 5 nitrogen and oxygen atoms in total. The Morgan fingerprint density at radius 1 is 1.23 bits per heavy atom. The second-order valence-electron chi connectivity index (χ2n) is 5.93. The minimum absolute atomic E-state index is 0.452. The molecule has 0 aliphatic heterocycles. The number of rotatable bonds is 6. The summed E-state index contributed by atoms with van der Waals surface area (Å²) in [6.07, 6.45) is 0.857. The van der Waals surface area contributed by atoms with Crippen LogP contribution in [-0.4, -0.2) is 43.4 Å². The van der Waals surface area contributed by atoms with E-state index in [1.54, 1.807) is 0 Å². The number of nitrogens with one attached hydrogen (secondary N) is 2. The summed E-state index contributed by atoms with van der Waals surface area (Å²) in [5, 5.41) is 3.56. The zero-order valence-electron chi connectivity index (χ0n) is 13.7. The van der Waals surface area contributed by atoms with Crippen molar-refractivity contribution in [1.29, 1.82) is 0 Å². The van der Waals surface area contributed by atoms with E-state index in [1.807, 2.05) is 42.8 Å². The highest BCUT2D eigenvalue weighted by atomic mass is 16.2. The fourth-order valence-corrected chi connectivity index (χ4v) is 2.65. The molecule has 2 rings (SSSR count). The molecule has 0 atom stereocenters. The largest absolute Gasteiger partial charge is 0.349 e. The molecule has 0 radical (unpaired) electrons. The van der Waals surface area contributed by atoms with Crippen molar-refractivity contribution in [1.82, 2.24) is 9.88 Å². The Kier molecular flexibility index (Phi) is 4.98. The first-order valence-corrected chi connectivity index (χ1v) is 7.59. The van der Waals surface area contributed by atoms with E-state index in [0.717, 1.165) is 29.6 Å². The molecule has 1 aromatic heterocycles. The zero-order chi connectivity index (χ0) is 16.3. The van der Waals surface area contributed by atoms with Gasteiger partial charge in [0.1, 0.15) is 0 Å². The average molecular weight is 302 g/mol. The van der Waals surface area contributed by atoms with Crippen LogP contribution in [0.4, 0.5) is 0 Å². The SMILES string of the molecule is Cc1c(C(=O)C(=O)NCCC[NH+](C)C)c2ccccc2n1C. The fraction of sp³-hybridized carbons (Fsp3) is 0.412. The molecular formula is C17H24N3O2+. The van der Waals surface area contributed by atoms with Gasteiger partial charge in [0.25, 0.3) is 11.7 Å². The predicted molar refractivity (Wildman–Crippen MR) is 87.3 cm³/mol. The number of Topliss-reactive ketones (excluding diaryl/α,β-unsaturated/α-hetero) is 1. The van der Waals surface area contributed by atoms with Crippen molar-refractivity contribution in [2.75, 3.05) is 27.2 Å². The van der Waals surface area contributed by atoms with E-state index in [9.17, 15) is 9.59 Å². The molecule has 0 saturated carbocycles. The highest BCUT2D eigenvalue weighted by molar-refractivity contribution is 6.45. The second-order valence-corrected chi connectivity index (χ2v) is 5.93. The van der Waals surface area contributed by atoms with Gasteiger partial charge in [-0.1, -0.05) is 18.2 Å². The van der Waals surface area contributed by atoms with Gasteiger partial charge in [-0.05, 0) is 13.0 Å². The first-order valence-electron chi connectivity index (χ1n) is 7.59. The predicted octanol–water partition coefficient (Wildman–Crippen LogP) is 0.320. The Hall–Kier alpha value is -2.14. The van der Waals surface area contributed by atoms with Gasteiger partial charge in [0.2, 0.25) is 0 Å². The number of nitrogens with zero attached hydrogens (tertiary/aromatic N) is 1. The quantitative estimate of drug-likeness (QED) is 0.459. The third kappa shape index (κ3) is 3.20. The average Bonchev–Trinajstić information content (AvgIpc) is 2.75. The number of ketones is 1. The van der Waals surface area contributed by atoms with Crippen LogP contribution in [-0.2, 0) is 11.8 Å². The normalized spacial score (nSPS) is 11.1. The fourth-order valence-electron chi connectivity index (χ4n) is 2.65. The molecule has 0 saturated heterocycles. The van der Waals surface area contributed by atoms with Gasteiger partial charge >= 0.3 is 0 Å². The molecule has 0 aliphatic rings. The first kappa shape index (κ1) is 16.2. The highest BCUT2D eigenvalue weighted by Gasteiger charge is 2.23. The molecule has 2 N–H and O–H groups in total. The Bertz CT molecular complexity index is 701. The molecule has 0 bridgehead atoms. The Labute approximate surface area is 130 Å². The maximum Gasteiger partial charge on any atom is 0.292 e. The highest BCUT2D eigenvalue weighted by Crippen LogP contribution is 2.25. The second kappa shape index (κ2) is 6.75.